The monoisotopic (exact) mass is 258 g/mol. The number of carbonyl (C=O) groups excluding carboxylic acids is 1. The quantitative estimate of drug-likeness (QED) is 0.829. The minimum absolute atomic E-state index is 0.00825. The summed E-state index contributed by atoms with van der Waals surface area (Å²) in [6, 6.07) is 6.80. The number of rotatable bonds is 2. The first kappa shape index (κ1) is 12.3. The van der Waals surface area contributed by atoms with Gasteiger partial charge in [0.15, 0.2) is 5.78 Å². The number of fused-ring (bicyclic) bond motifs is 2. The molecule has 19 heavy (non-hydrogen) atoms. The number of Topliss-reactive ketones (excluding diaryl/α,β-unsaturated/α-hetero) is 1. The van der Waals surface area contributed by atoms with E-state index in [-0.39, 0.29) is 17.3 Å². The van der Waals surface area contributed by atoms with Crippen LogP contribution in [0, 0.1) is 23.1 Å². The fourth-order valence-electron chi connectivity index (χ4n) is 3.27. The SMILES string of the molecule is N#Cc1ccc(C(=O)C2CC3CCC(C2)N3)cc1F. The predicted octanol–water partition coefficient (Wildman–Crippen LogP) is 2.41. The van der Waals surface area contributed by atoms with Crippen molar-refractivity contribution in [3.8, 4) is 6.07 Å². The topological polar surface area (TPSA) is 52.9 Å². The van der Waals surface area contributed by atoms with Crippen molar-refractivity contribution in [3.05, 3.63) is 35.1 Å². The maximum Gasteiger partial charge on any atom is 0.166 e. The number of ketones is 1. The lowest BCUT2D eigenvalue weighted by Crippen LogP contribution is -2.40. The van der Waals surface area contributed by atoms with Crippen LogP contribution in [0.2, 0.25) is 0 Å². The lowest BCUT2D eigenvalue weighted by molar-refractivity contribution is 0.0875. The van der Waals surface area contributed by atoms with E-state index in [1.165, 1.54) is 12.1 Å². The van der Waals surface area contributed by atoms with Crippen LogP contribution in [-0.2, 0) is 0 Å². The molecule has 98 valence electrons. The molecule has 0 spiro atoms. The van der Waals surface area contributed by atoms with Crippen molar-refractivity contribution in [2.75, 3.05) is 0 Å². The predicted molar refractivity (Wildman–Crippen MR) is 68.1 cm³/mol. The van der Waals surface area contributed by atoms with Crippen LogP contribution < -0.4 is 5.32 Å². The van der Waals surface area contributed by atoms with E-state index in [1.54, 1.807) is 12.1 Å². The molecular formula is C15H15FN2O. The van der Waals surface area contributed by atoms with Crippen LogP contribution in [0.5, 0.6) is 0 Å². The molecule has 1 aromatic carbocycles. The van der Waals surface area contributed by atoms with Gasteiger partial charge in [0.05, 0.1) is 5.56 Å². The maximum atomic E-state index is 13.6. The number of nitriles is 1. The molecule has 0 saturated carbocycles. The van der Waals surface area contributed by atoms with Crippen LogP contribution in [-0.4, -0.2) is 17.9 Å². The molecule has 1 aromatic rings. The summed E-state index contributed by atoms with van der Waals surface area (Å²) in [4.78, 5) is 12.4. The van der Waals surface area contributed by atoms with E-state index < -0.39 is 5.82 Å². The Balaban J connectivity index is 1.80. The molecule has 2 aliphatic rings. The van der Waals surface area contributed by atoms with Gasteiger partial charge in [0.2, 0.25) is 0 Å². The van der Waals surface area contributed by atoms with Gasteiger partial charge in [-0.05, 0) is 43.9 Å². The van der Waals surface area contributed by atoms with Crippen LogP contribution in [0.4, 0.5) is 4.39 Å². The van der Waals surface area contributed by atoms with Gasteiger partial charge in [-0.1, -0.05) is 0 Å². The highest BCUT2D eigenvalue weighted by Crippen LogP contribution is 2.33. The number of benzene rings is 1. The van der Waals surface area contributed by atoms with E-state index in [0.29, 0.717) is 17.6 Å². The Morgan fingerprint density at radius 2 is 2.00 bits per heavy atom. The molecule has 0 radical (unpaired) electrons. The van der Waals surface area contributed by atoms with Gasteiger partial charge in [0, 0.05) is 23.6 Å². The van der Waals surface area contributed by atoms with E-state index >= 15 is 0 Å². The summed E-state index contributed by atoms with van der Waals surface area (Å²) >= 11 is 0. The van der Waals surface area contributed by atoms with E-state index in [2.05, 4.69) is 5.32 Å². The van der Waals surface area contributed by atoms with Crippen LogP contribution in [0.25, 0.3) is 0 Å². The second kappa shape index (κ2) is 4.75. The van der Waals surface area contributed by atoms with Gasteiger partial charge in [-0.3, -0.25) is 4.79 Å². The van der Waals surface area contributed by atoms with Crippen LogP contribution in [0.1, 0.15) is 41.6 Å². The van der Waals surface area contributed by atoms with E-state index in [9.17, 15) is 9.18 Å². The molecule has 0 aromatic heterocycles. The van der Waals surface area contributed by atoms with Gasteiger partial charge in [-0.25, -0.2) is 4.39 Å². The third-order valence-electron chi connectivity index (χ3n) is 4.22. The number of piperidine rings is 1. The molecule has 2 heterocycles. The molecule has 2 unspecified atom stereocenters. The highest BCUT2D eigenvalue weighted by Gasteiger charge is 2.36. The molecule has 0 amide bonds. The zero-order valence-corrected chi connectivity index (χ0v) is 10.5. The molecule has 2 saturated heterocycles. The van der Waals surface area contributed by atoms with Crippen molar-refractivity contribution in [3.63, 3.8) is 0 Å². The minimum Gasteiger partial charge on any atom is -0.311 e. The fourth-order valence-corrected chi connectivity index (χ4v) is 3.27. The first-order valence-electron chi connectivity index (χ1n) is 6.67. The van der Waals surface area contributed by atoms with Crippen molar-refractivity contribution in [1.82, 2.24) is 5.32 Å². The number of hydrogen-bond acceptors (Lipinski definition) is 3. The standard InChI is InChI=1S/C15H15FN2O/c16-14-7-9(1-2-10(14)8-17)15(19)11-5-12-3-4-13(6-11)18-12/h1-2,7,11-13,18H,3-6H2. The Labute approximate surface area is 111 Å². The zero-order chi connectivity index (χ0) is 13.4. The van der Waals surface area contributed by atoms with E-state index in [1.807, 2.05) is 0 Å². The van der Waals surface area contributed by atoms with Gasteiger partial charge in [-0.2, -0.15) is 5.26 Å². The second-order valence-corrected chi connectivity index (χ2v) is 5.48. The summed E-state index contributed by atoms with van der Waals surface area (Å²) in [6.07, 6.45) is 3.96. The van der Waals surface area contributed by atoms with Gasteiger partial charge in [0.25, 0.3) is 0 Å². The summed E-state index contributed by atoms with van der Waals surface area (Å²) in [5, 5.41) is 12.2. The Kier molecular flexibility index (Phi) is 3.08. The highest BCUT2D eigenvalue weighted by atomic mass is 19.1. The molecule has 2 bridgehead atoms. The largest absolute Gasteiger partial charge is 0.311 e. The van der Waals surface area contributed by atoms with Crippen molar-refractivity contribution in [1.29, 1.82) is 5.26 Å². The lowest BCUT2D eigenvalue weighted by atomic mass is 9.86. The lowest BCUT2D eigenvalue weighted by Gasteiger charge is -2.28. The number of halogens is 1. The number of nitrogens with zero attached hydrogens (tertiary/aromatic N) is 1. The summed E-state index contributed by atoms with van der Waals surface area (Å²) in [6.45, 7) is 0. The minimum atomic E-state index is -0.606. The van der Waals surface area contributed by atoms with Crippen LogP contribution in [0.15, 0.2) is 18.2 Å². The zero-order valence-electron chi connectivity index (χ0n) is 10.5. The molecule has 1 N–H and O–H groups in total. The Bertz CT molecular complexity index is 552. The van der Waals surface area contributed by atoms with Crippen molar-refractivity contribution in [2.45, 2.75) is 37.8 Å². The first-order chi connectivity index (χ1) is 9.17. The molecule has 2 atom stereocenters. The summed E-state index contributed by atoms with van der Waals surface area (Å²) in [5.41, 5.74) is 0.379. The summed E-state index contributed by atoms with van der Waals surface area (Å²) in [7, 11) is 0. The number of carbonyl (C=O) groups is 1. The summed E-state index contributed by atoms with van der Waals surface area (Å²) < 4.78 is 13.6. The molecule has 3 rings (SSSR count). The van der Waals surface area contributed by atoms with Gasteiger partial charge < -0.3 is 5.32 Å². The van der Waals surface area contributed by atoms with Gasteiger partial charge in [0.1, 0.15) is 11.9 Å². The third-order valence-corrected chi connectivity index (χ3v) is 4.22. The van der Waals surface area contributed by atoms with E-state index in [4.69, 9.17) is 5.26 Å². The summed E-state index contributed by atoms with van der Waals surface area (Å²) in [5.74, 6) is -0.599. The third kappa shape index (κ3) is 2.26. The smallest absolute Gasteiger partial charge is 0.166 e. The fraction of sp³-hybridized carbons (Fsp3) is 0.467. The normalized spacial score (nSPS) is 28.9. The molecule has 3 nitrogen and oxygen atoms in total. The highest BCUT2D eigenvalue weighted by molar-refractivity contribution is 5.98. The Morgan fingerprint density at radius 1 is 1.32 bits per heavy atom. The van der Waals surface area contributed by atoms with Crippen molar-refractivity contribution < 1.29 is 9.18 Å². The van der Waals surface area contributed by atoms with Crippen LogP contribution in [0.3, 0.4) is 0 Å². The van der Waals surface area contributed by atoms with E-state index in [0.717, 1.165) is 25.7 Å². The average molecular weight is 258 g/mol. The molecule has 0 aliphatic carbocycles. The number of nitrogens with one attached hydrogen (secondary N) is 1. The average Bonchev–Trinajstić information content (AvgIpc) is 2.76. The van der Waals surface area contributed by atoms with Crippen LogP contribution >= 0.6 is 0 Å². The molecule has 2 fully saturated rings. The molecule has 2 aliphatic heterocycles. The Morgan fingerprint density at radius 3 is 2.58 bits per heavy atom. The first-order valence-corrected chi connectivity index (χ1v) is 6.67. The molecular weight excluding hydrogens is 243 g/mol. The molecule has 4 heteroatoms. The Hall–Kier alpha value is -1.73. The van der Waals surface area contributed by atoms with Gasteiger partial charge in [-0.15, -0.1) is 0 Å². The number of hydrogen-bond donors (Lipinski definition) is 1. The van der Waals surface area contributed by atoms with Crippen molar-refractivity contribution in [2.24, 2.45) is 5.92 Å². The second-order valence-electron chi connectivity index (χ2n) is 5.48. The van der Waals surface area contributed by atoms with Gasteiger partial charge >= 0.3 is 0 Å². The van der Waals surface area contributed by atoms with Crippen molar-refractivity contribution >= 4 is 5.78 Å². The maximum absolute atomic E-state index is 13.6.